The molecule has 18 heavy (non-hydrogen) atoms. The molecule has 0 unspecified atom stereocenters. The Balaban J connectivity index is 1.89. The predicted octanol–water partition coefficient (Wildman–Crippen LogP) is 1.71. The largest absolute Gasteiger partial charge is 0.390 e. The van der Waals surface area contributed by atoms with E-state index < -0.39 is 6.10 Å². The van der Waals surface area contributed by atoms with Gasteiger partial charge in [-0.1, -0.05) is 30.3 Å². The van der Waals surface area contributed by atoms with E-state index in [2.05, 4.69) is 0 Å². The lowest BCUT2D eigenvalue weighted by molar-refractivity contribution is -0.249. The van der Waals surface area contributed by atoms with Crippen molar-refractivity contribution >= 4 is 0 Å². The fraction of sp³-hybridized carbons (Fsp3) is 0.571. The van der Waals surface area contributed by atoms with Crippen molar-refractivity contribution in [1.29, 1.82) is 0 Å². The predicted molar refractivity (Wildman–Crippen MR) is 67.0 cm³/mol. The maximum atomic E-state index is 10.0. The minimum absolute atomic E-state index is 0.178. The van der Waals surface area contributed by atoms with Crippen LogP contribution in [-0.2, 0) is 20.8 Å². The van der Waals surface area contributed by atoms with Gasteiger partial charge in [0, 0.05) is 13.5 Å². The van der Waals surface area contributed by atoms with Crippen LogP contribution in [0.15, 0.2) is 30.3 Å². The Morgan fingerprint density at radius 3 is 2.67 bits per heavy atom. The lowest BCUT2D eigenvalue weighted by Crippen LogP contribution is -2.48. The molecule has 0 aromatic heterocycles. The Bertz CT molecular complexity index is 342. The van der Waals surface area contributed by atoms with E-state index in [1.54, 1.807) is 7.11 Å². The zero-order chi connectivity index (χ0) is 13.0. The Hall–Kier alpha value is -0.940. The number of aliphatic hydroxyl groups is 1. The minimum Gasteiger partial charge on any atom is -0.390 e. The summed E-state index contributed by atoms with van der Waals surface area (Å²) in [7, 11) is 1.58. The highest BCUT2D eigenvalue weighted by Crippen LogP contribution is 2.23. The van der Waals surface area contributed by atoms with Gasteiger partial charge in [-0.2, -0.15) is 0 Å². The lowest BCUT2D eigenvalue weighted by Gasteiger charge is -2.37. The van der Waals surface area contributed by atoms with Crippen LogP contribution >= 0.6 is 0 Å². The number of hydrogen-bond donors (Lipinski definition) is 1. The molecular weight excluding hydrogens is 232 g/mol. The quantitative estimate of drug-likeness (QED) is 0.886. The molecule has 1 aromatic carbocycles. The first kappa shape index (κ1) is 13.5. The molecule has 1 saturated heterocycles. The molecule has 100 valence electrons. The number of rotatable bonds is 4. The van der Waals surface area contributed by atoms with Crippen LogP contribution < -0.4 is 0 Å². The normalized spacial score (nSPS) is 32.4. The van der Waals surface area contributed by atoms with Crippen LogP contribution in [0.25, 0.3) is 0 Å². The van der Waals surface area contributed by atoms with E-state index in [4.69, 9.17) is 14.2 Å². The third kappa shape index (κ3) is 3.29. The van der Waals surface area contributed by atoms with Crippen LogP contribution in [-0.4, -0.2) is 36.8 Å². The van der Waals surface area contributed by atoms with E-state index in [1.165, 1.54) is 0 Å². The van der Waals surface area contributed by atoms with Gasteiger partial charge in [0.05, 0.1) is 18.8 Å². The summed E-state index contributed by atoms with van der Waals surface area (Å²) in [5.41, 5.74) is 1.09. The van der Waals surface area contributed by atoms with Crippen LogP contribution in [0.4, 0.5) is 0 Å². The van der Waals surface area contributed by atoms with E-state index >= 15 is 0 Å². The second kappa shape index (κ2) is 6.29. The summed E-state index contributed by atoms with van der Waals surface area (Å²) in [6.45, 7) is 2.37. The van der Waals surface area contributed by atoms with Gasteiger partial charge >= 0.3 is 0 Å². The summed E-state index contributed by atoms with van der Waals surface area (Å²) in [4.78, 5) is 0. The second-order valence-corrected chi connectivity index (χ2v) is 4.57. The van der Waals surface area contributed by atoms with Crippen molar-refractivity contribution in [2.24, 2.45) is 0 Å². The van der Waals surface area contributed by atoms with Gasteiger partial charge in [0.25, 0.3) is 0 Å². The summed E-state index contributed by atoms with van der Waals surface area (Å²) in [5.74, 6) is 0. The fourth-order valence-corrected chi connectivity index (χ4v) is 2.18. The fourth-order valence-electron chi connectivity index (χ4n) is 2.18. The van der Waals surface area contributed by atoms with Gasteiger partial charge in [0.15, 0.2) is 6.29 Å². The monoisotopic (exact) mass is 252 g/mol. The molecule has 1 aromatic rings. The Kier molecular flexibility index (Phi) is 4.72. The maximum Gasteiger partial charge on any atom is 0.160 e. The summed E-state index contributed by atoms with van der Waals surface area (Å²) in [6, 6.07) is 9.90. The summed E-state index contributed by atoms with van der Waals surface area (Å²) in [6.07, 6.45) is -0.937. The number of methoxy groups -OCH3 is 1. The average Bonchev–Trinajstić information content (AvgIpc) is 2.38. The van der Waals surface area contributed by atoms with Crippen molar-refractivity contribution in [2.45, 2.75) is 44.6 Å². The van der Waals surface area contributed by atoms with Crippen LogP contribution in [0.3, 0.4) is 0 Å². The molecule has 0 aliphatic carbocycles. The van der Waals surface area contributed by atoms with Gasteiger partial charge in [0.2, 0.25) is 0 Å². The van der Waals surface area contributed by atoms with E-state index in [9.17, 15) is 5.11 Å². The first-order valence-electron chi connectivity index (χ1n) is 6.22. The van der Waals surface area contributed by atoms with Gasteiger partial charge in [-0.25, -0.2) is 0 Å². The van der Waals surface area contributed by atoms with E-state index in [-0.39, 0.29) is 18.5 Å². The van der Waals surface area contributed by atoms with Crippen molar-refractivity contribution in [3.8, 4) is 0 Å². The Morgan fingerprint density at radius 1 is 1.33 bits per heavy atom. The van der Waals surface area contributed by atoms with Crippen LogP contribution in [0.1, 0.15) is 18.9 Å². The molecular formula is C14H20O4. The van der Waals surface area contributed by atoms with Gasteiger partial charge in [0.1, 0.15) is 6.10 Å². The number of hydrogen-bond acceptors (Lipinski definition) is 4. The van der Waals surface area contributed by atoms with Crippen molar-refractivity contribution in [1.82, 2.24) is 0 Å². The van der Waals surface area contributed by atoms with Gasteiger partial charge < -0.3 is 19.3 Å². The smallest absolute Gasteiger partial charge is 0.160 e. The highest BCUT2D eigenvalue weighted by atomic mass is 16.7. The molecule has 4 heteroatoms. The van der Waals surface area contributed by atoms with E-state index in [0.29, 0.717) is 13.0 Å². The molecule has 4 atom stereocenters. The third-order valence-corrected chi connectivity index (χ3v) is 3.19. The molecule has 2 rings (SSSR count). The van der Waals surface area contributed by atoms with Gasteiger partial charge in [-0.05, 0) is 12.5 Å². The number of benzene rings is 1. The molecule has 0 spiro atoms. The van der Waals surface area contributed by atoms with Crippen LogP contribution in [0.2, 0.25) is 0 Å². The lowest BCUT2D eigenvalue weighted by atomic mass is 10.0. The highest BCUT2D eigenvalue weighted by molar-refractivity contribution is 5.13. The molecule has 0 amide bonds. The third-order valence-electron chi connectivity index (χ3n) is 3.19. The Labute approximate surface area is 107 Å². The molecule has 0 bridgehead atoms. The molecule has 1 aliphatic rings. The first-order valence-corrected chi connectivity index (χ1v) is 6.22. The van der Waals surface area contributed by atoms with Crippen molar-refractivity contribution in [3.05, 3.63) is 35.9 Å². The highest BCUT2D eigenvalue weighted by Gasteiger charge is 2.36. The second-order valence-electron chi connectivity index (χ2n) is 4.57. The maximum absolute atomic E-state index is 10.0. The molecule has 1 aliphatic heterocycles. The van der Waals surface area contributed by atoms with Crippen molar-refractivity contribution < 1.29 is 19.3 Å². The number of ether oxygens (including phenoxy) is 3. The summed E-state index contributed by atoms with van der Waals surface area (Å²) in [5, 5.41) is 10.0. The Morgan fingerprint density at radius 2 is 2.06 bits per heavy atom. The minimum atomic E-state index is -0.553. The van der Waals surface area contributed by atoms with Crippen LogP contribution in [0, 0.1) is 0 Å². The molecule has 0 saturated carbocycles. The standard InChI is InChI=1S/C14H20O4/c1-10-14(12(15)8-13(16-2)18-10)17-9-11-6-4-3-5-7-11/h3-7,10,12-15H,8-9H2,1-2H3/t10-,12-,13-,14+/m0/s1. The molecule has 4 nitrogen and oxygen atoms in total. The average molecular weight is 252 g/mol. The number of aliphatic hydroxyl groups excluding tert-OH is 1. The van der Waals surface area contributed by atoms with E-state index in [0.717, 1.165) is 5.56 Å². The summed E-state index contributed by atoms with van der Waals surface area (Å²) < 4.78 is 16.5. The van der Waals surface area contributed by atoms with Crippen molar-refractivity contribution in [2.75, 3.05) is 7.11 Å². The van der Waals surface area contributed by atoms with Gasteiger partial charge in [-0.15, -0.1) is 0 Å². The molecule has 0 radical (unpaired) electrons. The SMILES string of the molecule is CO[C@@H]1C[C@H](O)[C@H](OCc2ccccc2)[C@H](C)O1. The molecule has 1 fully saturated rings. The molecule has 1 N–H and O–H groups in total. The van der Waals surface area contributed by atoms with Gasteiger partial charge in [-0.3, -0.25) is 0 Å². The van der Waals surface area contributed by atoms with Crippen molar-refractivity contribution in [3.63, 3.8) is 0 Å². The zero-order valence-electron chi connectivity index (χ0n) is 10.8. The zero-order valence-corrected chi connectivity index (χ0v) is 10.8. The molecule has 1 heterocycles. The van der Waals surface area contributed by atoms with Crippen LogP contribution in [0.5, 0.6) is 0 Å². The van der Waals surface area contributed by atoms with E-state index in [1.807, 2.05) is 37.3 Å². The topological polar surface area (TPSA) is 47.9 Å². The first-order chi connectivity index (χ1) is 8.70. The summed E-state index contributed by atoms with van der Waals surface area (Å²) >= 11 is 0.